The van der Waals surface area contributed by atoms with Gasteiger partial charge < -0.3 is 14.7 Å². The van der Waals surface area contributed by atoms with Crippen molar-refractivity contribution < 1.29 is 37.4 Å². The molecule has 0 bridgehead atoms. The van der Waals surface area contributed by atoms with E-state index in [4.69, 9.17) is 9.72 Å². The highest BCUT2D eigenvalue weighted by Crippen LogP contribution is 2.52. The van der Waals surface area contributed by atoms with Crippen molar-refractivity contribution in [2.45, 2.75) is 63.0 Å². The minimum atomic E-state index is -4.39. The van der Waals surface area contributed by atoms with Crippen molar-refractivity contribution in [2.24, 2.45) is 5.41 Å². The van der Waals surface area contributed by atoms with E-state index in [1.54, 1.807) is 12.1 Å². The Kier molecular flexibility index (Phi) is 6.90. The fourth-order valence-electron chi connectivity index (χ4n) is 6.81. The second-order valence-electron chi connectivity index (χ2n) is 11.5. The number of likely N-dealkylation sites (tertiary alicyclic amines) is 1. The van der Waals surface area contributed by atoms with E-state index >= 15 is 0 Å². The number of hydrogen-bond acceptors (Lipinski definition) is 7. The molecule has 41 heavy (non-hydrogen) atoms. The third-order valence-corrected chi connectivity index (χ3v) is 9.13. The van der Waals surface area contributed by atoms with Crippen LogP contribution in [0.1, 0.15) is 65.0 Å². The molecule has 1 aromatic carbocycles. The molecule has 3 saturated heterocycles. The Bertz CT molecular complexity index is 1380. The molecule has 1 unspecified atom stereocenters. The normalized spacial score (nSPS) is 26.8. The molecule has 4 aliphatic rings. The molecule has 2 atom stereocenters. The van der Waals surface area contributed by atoms with Crippen molar-refractivity contribution in [2.75, 3.05) is 26.3 Å². The van der Waals surface area contributed by atoms with Crippen molar-refractivity contribution in [3.05, 3.63) is 64.5 Å². The first kappa shape index (κ1) is 27.8. The van der Waals surface area contributed by atoms with Gasteiger partial charge in [-0.05, 0) is 55.5 Å². The predicted octanol–water partition coefficient (Wildman–Crippen LogP) is 2.75. The quantitative estimate of drug-likeness (QED) is 0.542. The van der Waals surface area contributed by atoms with Crippen LogP contribution in [-0.2, 0) is 39.2 Å². The number of ether oxygens (including phenoxy) is 1. The van der Waals surface area contributed by atoms with Gasteiger partial charge in [0.25, 0.3) is 5.91 Å². The number of carbonyl (C=O) groups is 3. The number of alkyl halides is 3. The number of nitrogens with one attached hydrogen (secondary N) is 1. The topological polar surface area (TPSA) is 112 Å². The summed E-state index contributed by atoms with van der Waals surface area (Å²) in [5.74, 6) is -1.18. The molecule has 2 aromatic rings. The zero-order valence-electron chi connectivity index (χ0n) is 22.4. The number of imide groups is 1. The monoisotopic (exact) mass is 572 g/mol. The van der Waals surface area contributed by atoms with E-state index in [0.717, 1.165) is 17.7 Å². The summed E-state index contributed by atoms with van der Waals surface area (Å²) in [6.07, 6.45) is -2.48. The number of rotatable bonds is 4. The summed E-state index contributed by atoms with van der Waals surface area (Å²) < 4.78 is 44.7. The number of pyridine rings is 1. The van der Waals surface area contributed by atoms with E-state index < -0.39 is 34.7 Å². The predicted molar refractivity (Wildman–Crippen MR) is 138 cm³/mol. The maximum absolute atomic E-state index is 13.2. The first-order valence-corrected chi connectivity index (χ1v) is 13.8. The number of halogens is 3. The molecule has 6 rings (SSSR count). The summed E-state index contributed by atoms with van der Waals surface area (Å²) in [5.41, 5.74) is -0.523. The molecule has 0 radical (unpaired) electrons. The summed E-state index contributed by atoms with van der Waals surface area (Å²) in [6.45, 7) is 2.49. The van der Waals surface area contributed by atoms with E-state index in [1.807, 2.05) is 0 Å². The van der Waals surface area contributed by atoms with Gasteiger partial charge in [0.05, 0.1) is 29.1 Å². The molecule has 218 valence electrons. The highest BCUT2D eigenvalue weighted by atomic mass is 19.4. The molecular formula is C29H31F3N4O5. The minimum Gasteiger partial charge on any atom is -0.383 e. The zero-order valence-corrected chi connectivity index (χ0v) is 22.4. The first-order valence-electron chi connectivity index (χ1n) is 13.8. The van der Waals surface area contributed by atoms with Gasteiger partial charge in [0.2, 0.25) is 11.8 Å². The van der Waals surface area contributed by atoms with E-state index in [9.17, 15) is 32.7 Å². The number of aliphatic hydroxyl groups is 1. The Balaban J connectivity index is 1.24. The van der Waals surface area contributed by atoms with Gasteiger partial charge in [-0.2, -0.15) is 13.2 Å². The van der Waals surface area contributed by atoms with Crippen LogP contribution in [0.25, 0.3) is 0 Å². The zero-order chi connectivity index (χ0) is 29.0. The maximum Gasteiger partial charge on any atom is 0.416 e. The number of fused-ring (bicyclic) bond motifs is 1. The summed E-state index contributed by atoms with van der Waals surface area (Å²) in [7, 11) is 0. The second kappa shape index (κ2) is 10.2. The largest absolute Gasteiger partial charge is 0.416 e. The number of carbonyl (C=O) groups excluding carboxylic acids is 3. The fourth-order valence-corrected chi connectivity index (χ4v) is 6.81. The lowest BCUT2D eigenvalue weighted by Crippen LogP contribution is -2.60. The number of benzene rings is 1. The van der Waals surface area contributed by atoms with Crippen LogP contribution >= 0.6 is 0 Å². The van der Waals surface area contributed by atoms with Gasteiger partial charge in [0.1, 0.15) is 11.6 Å². The number of nitrogens with zero attached hydrogens (tertiary/aromatic N) is 3. The Morgan fingerprint density at radius 2 is 1.78 bits per heavy atom. The average molecular weight is 573 g/mol. The third-order valence-electron chi connectivity index (χ3n) is 9.13. The highest BCUT2D eigenvalue weighted by molar-refractivity contribution is 6.05. The lowest BCUT2D eigenvalue weighted by Gasteiger charge is -2.55. The van der Waals surface area contributed by atoms with Gasteiger partial charge in [-0.3, -0.25) is 29.6 Å². The Morgan fingerprint density at radius 1 is 1.05 bits per heavy atom. The average Bonchev–Trinajstić information content (AvgIpc) is 3.26. The molecule has 4 aliphatic heterocycles. The molecule has 2 N–H and O–H groups in total. The summed E-state index contributed by atoms with van der Waals surface area (Å²) in [4.78, 5) is 45.5. The first-order chi connectivity index (χ1) is 19.5. The standard InChI is InChI=1S/C29H31F3N4O5/c30-29(31,32)19-3-1-18(2-4-19)15-35-12-9-28(40,27(17-35)10-13-41-14-11-27)23-7-5-20-21(33-23)16-36(26(20)39)22-6-8-24(37)34-25(22)38/h1-5,7,22,40H,6,8-17H2,(H,34,37,38)/t22?,28-/m0/s1. The number of piperidine rings is 2. The third kappa shape index (κ3) is 4.91. The molecule has 3 amide bonds. The molecule has 3 fully saturated rings. The van der Waals surface area contributed by atoms with Crippen LogP contribution in [0.5, 0.6) is 0 Å². The molecule has 0 saturated carbocycles. The fraction of sp³-hybridized carbons (Fsp3) is 0.517. The Morgan fingerprint density at radius 3 is 2.46 bits per heavy atom. The maximum atomic E-state index is 13.2. The lowest BCUT2D eigenvalue weighted by molar-refractivity contribution is -0.182. The van der Waals surface area contributed by atoms with Gasteiger partial charge in [-0.15, -0.1) is 0 Å². The molecule has 1 spiro atoms. The van der Waals surface area contributed by atoms with Crippen molar-refractivity contribution in [3.8, 4) is 0 Å². The molecule has 0 aliphatic carbocycles. The van der Waals surface area contributed by atoms with E-state index in [2.05, 4.69) is 10.2 Å². The molecule has 9 nitrogen and oxygen atoms in total. The van der Waals surface area contributed by atoms with Crippen molar-refractivity contribution >= 4 is 17.7 Å². The van der Waals surface area contributed by atoms with Gasteiger partial charge >= 0.3 is 6.18 Å². The molecule has 12 heteroatoms. The summed E-state index contributed by atoms with van der Waals surface area (Å²) >= 11 is 0. The van der Waals surface area contributed by atoms with Crippen LogP contribution in [-0.4, -0.2) is 70.0 Å². The van der Waals surface area contributed by atoms with Crippen LogP contribution in [0.3, 0.4) is 0 Å². The Labute approximate surface area is 234 Å². The number of amides is 3. The summed E-state index contributed by atoms with van der Waals surface area (Å²) in [5, 5.41) is 14.6. The lowest BCUT2D eigenvalue weighted by atomic mass is 9.61. The van der Waals surface area contributed by atoms with E-state index in [-0.39, 0.29) is 31.2 Å². The van der Waals surface area contributed by atoms with E-state index in [0.29, 0.717) is 69.1 Å². The second-order valence-corrected chi connectivity index (χ2v) is 11.5. The van der Waals surface area contributed by atoms with Gasteiger partial charge in [0.15, 0.2) is 0 Å². The Hall–Kier alpha value is -3.35. The molecule has 5 heterocycles. The van der Waals surface area contributed by atoms with Crippen LogP contribution < -0.4 is 5.32 Å². The van der Waals surface area contributed by atoms with Crippen molar-refractivity contribution in [1.82, 2.24) is 20.1 Å². The van der Waals surface area contributed by atoms with Gasteiger partial charge in [0, 0.05) is 44.7 Å². The number of aromatic nitrogens is 1. The van der Waals surface area contributed by atoms with Gasteiger partial charge in [-0.25, -0.2) is 0 Å². The van der Waals surface area contributed by atoms with Crippen LogP contribution in [0.15, 0.2) is 36.4 Å². The van der Waals surface area contributed by atoms with Gasteiger partial charge in [-0.1, -0.05) is 12.1 Å². The van der Waals surface area contributed by atoms with Crippen molar-refractivity contribution in [1.29, 1.82) is 0 Å². The molecular weight excluding hydrogens is 541 g/mol. The minimum absolute atomic E-state index is 0.112. The van der Waals surface area contributed by atoms with Crippen LogP contribution in [0, 0.1) is 5.41 Å². The van der Waals surface area contributed by atoms with E-state index in [1.165, 1.54) is 17.0 Å². The van der Waals surface area contributed by atoms with Crippen LogP contribution in [0.4, 0.5) is 13.2 Å². The smallest absolute Gasteiger partial charge is 0.383 e. The number of hydrogen-bond donors (Lipinski definition) is 2. The van der Waals surface area contributed by atoms with Crippen LogP contribution in [0.2, 0.25) is 0 Å². The summed E-state index contributed by atoms with van der Waals surface area (Å²) in [6, 6.07) is 7.76. The highest BCUT2D eigenvalue weighted by Gasteiger charge is 2.56. The SMILES string of the molecule is O=C1CCC(N2Cc3nc([C@@]4(O)CCN(Cc5ccc(C(F)(F)F)cc5)CC45CCOCC5)ccc3C2=O)C(=O)N1. The molecule has 1 aromatic heterocycles. The van der Waals surface area contributed by atoms with Crippen molar-refractivity contribution in [3.63, 3.8) is 0 Å².